The van der Waals surface area contributed by atoms with Crippen LogP contribution in [0.4, 0.5) is 0 Å². The fourth-order valence-electron chi connectivity index (χ4n) is 8.52. The van der Waals surface area contributed by atoms with Crippen molar-refractivity contribution in [3.05, 3.63) is 157 Å². The van der Waals surface area contributed by atoms with Crippen molar-refractivity contribution in [3.8, 4) is 33.4 Å². The van der Waals surface area contributed by atoms with E-state index in [-0.39, 0.29) is 0 Å². The Bertz CT molecular complexity index is 2600. The molecule has 11 rings (SSSR count). The third-order valence-electron chi connectivity index (χ3n) is 10.6. The normalized spacial score (nSPS) is 12.8. The first-order valence-electron chi connectivity index (χ1n) is 15.9. The first kappa shape index (κ1) is 23.7. The number of hydrogen-bond donors (Lipinski definition) is 0. The molecule has 1 aliphatic carbocycles. The Hall–Kier alpha value is -5.72. The highest BCUT2D eigenvalue weighted by molar-refractivity contribution is 6.26. The zero-order chi connectivity index (χ0) is 29.2. The van der Waals surface area contributed by atoms with E-state index in [1.54, 1.807) is 0 Å². The summed E-state index contributed by atoms with van der Waals surface area (Å²) in [7, 11) is 0. The third-order valence-corrected chi connectivity index (χ3v) is 10.6. The molecule has 0 spiro atoms. The average molecular weight is 567 g/mol. The molecule has 10 aromatic rings. The Morgan fingerprint density at radius 3 is 1.09 bits per heavy atom. The van der Waals surface area contributed by atoms with Crippen molar-refractivity contribution >= 4 is 64.6 Å². The van der Waals surface area contributed by atoms with Gasteiger partial charge >= 0.3 is 0 Å². The topological polar surface area (TPSA) is 0 Å². The number of fused-ring (bicyclic) bond motifs is 3. The zero-order valence-corrected chi connectivity index (χ0v) is 24.6. The number of benzene rings is 10. The summed E-state index contributed by atoms with van der Waals surface area (Å²) in [6.07, 6.45) is 0.962. The molecule has 0 heterocycles. The van der Waals surface area contributed by atoms with E-state index in [2.05, 4.69) is 146 Å². The van der Waals surface area contributed by atoms with E-state index in [0.717, 1.165) is 6.42 Å². The molecule has 206 valence electrons. The molecule has 0 saturated heterocycles. The van der Waals surface area contributed by atoms with Crippen LogP contribution in [0.25, 0.3) is 98.0 Å². The Morgan fingerprint density at radius 1 is 0.289 bits per heavy atom. The van der Waals surface area contributed by atoms with E-state index >= 15 is 0 Å². The van der Waals surface area contributed by atoms with E-state index in [9.17, 15) is 0 Å². The molecular formula is C45H26. The van der Waals surface area contributed by atoms with Gasteiger partial charge in [-0.15, -0.1) is 0 Å². The molecule has 0 radical (unpaired) electrons. The van der Waals surface area contributed by atoms with Gasteiger partial charge in [0.05, 0.1) is 0 Å². The molecule has 0 aliphatic heterocycles. The fraction of sp³-hybridized carbons (Fsp3) is 0.0222. The maximum atomic E-state index is 2.44. The highest BCUT2D eigenvalue weighted by atomic mass is 14.3. The smallest absolute Gasteiger partial charge is 0.00130 e. The first-order valence-corrected chi connectivity index (χ1v) is 15.9. The van der Waals surface area contributed by atoms with Gasteiger partial charge in [0, 0.05) is 0 Å². The minimum atomic E-state index is 0.962. The Kier molecular flexibility index (Phi) is 4.46. The summed E-state index contributed by atoms with van der Waals surface area (Å²) in [6.45, 7) is 0. The van der Waals surface area contributed by atoms with Crippen molar-refractivity contribution < 1.29 is 0 Å². The Balaban J connectivity index is 1.03. The van der Waals surface area contributed by atoms with E-state index in [0.29, 0.717) is 0 Å². The summed E-state index contributed by atoms with van der Waals surface area (Å²) in [5.41, 5.74) is 10.8. The molecule has 10 aromatic carbocycles. The minimum Gasteiger partial charge on any atom is -0.0610 e. The molecule has 0 N–H and O–H groups in total. The van der Waals surface area contributed by atoms with Gasteiger partial charge in [-0.1, -0.05) is 146 Å². The molecule has 0 fully saturated rings. The van der Waals surface area contributed by atoms with Gasteiger partial charge in [-0.2, -0.15) is 0 Å². The van der Waals surface area contributed by atoms with Crippen LogP contribution in [-0.4, -0.2) is 0 Å². The van der Waals surface area contributed by atoms with Gasteiger partial charge < -0.3 is 0 Å². The third kappa shape index (κ3) is 3.16. The highest BCUT2D eigenvalue weighted by Gasteiger charge is 2.21. The summed E-state index contributed by atoms with van der Waals surface area (Å²) < 4.78 is 0. The van der Waals surface area contributed by atoms with Crippen LogP contribution in [0, 0.1) is 0 Å². The van der Waals surface area contributed by atoms with Gasteiger partial charge in [-0.3, -0.25) is 0 Å². The van der Waals surface area contributed by atoms with E-state index in [4.69, 9.17) is 0 Å². The van der Waals surface area contributed by atoms with Crippen LogP contribution >= 0.6 is 0 Å². The SMILES string of the molecule is c1cc2ccc3ccc(-c4ccc5c(c4)Cc4cc(-c6ccc7ccc8cccc9ccc6c7c89)ccc4-5)c4ccc(c1)c2c34. The van der Waals surface area contributed by atoms with E-state index in [1.165, 1.54) is 109 Å². The first-order chi connectivity index (χ1) is 22.3. The number of rotatable bonds is 2. The summed E-state index contributed by atoms with van der Waals surface area (Å²) in [4.78, 5) is 0. The second-order valence-electron chi connectivity index (χ2n) is 12.9. The summed E-state index contributed by atoms with van der Waals surface area (Å²) in [6, 6.07) is 55.0. The van der Waals surface area contributed by atoms with Crippen LogP contribution in [-0.2, 0) is 6.42 Å². The predicted octanol–water partition coefficient (Wildman–Crippen LogP) is 12.4. The quantitative estimate of drug-likeness (QED) is 0.183. The van der Waals surface area contributed by atoms with Gasteiger partial charge in [-0.25, -0.2) is 0 Å². The van der Waals surface area contributed by atoms with Crippen molar-refractivity contribution in [3.63, 3.8) is 0 Å². The largest absolute Gasteiger partial charge is 0.0610 e. The molecular weight excluding hydrogens is 540 g/mol. The molecule has 0 nitrogen and oxygen atoms in total. The standard InChI is InChI=1S/C45H26/c1-3-26-7-9-30-11-17-36(40-21-13-28(5-1)42(26)44(30)40)32-15-19-38-34(23-32)25-35-24-33(16-20-39(35)38)37-18-12-31-10-8-27-4-2-6-29-14-22-41(37)45(31)43(27)29/h1-24H,25H2. The van der Waals surface area contributed by atoms with Crippen LogP contribution in [0.5, 0.6) is 0 Å². The van der Waals surface area contributed by atoms with Crippen LogP contribution in [0.2, 0.25) is 0 Å². The molecule has 1 aliphatic rings. The summed E-state index contributed by atoms with van der Waals surface area (Å²) >= 11 is 0. The lowest BCUT2D eigenvalue weighted by atomic mass is 9.89. The zero-order valence-electron chi connectivity index (χ0n) is 24.6. The molecule has 0 saturated carbocycles. The molecule has 0 bridgehead atoms. The molecule has 0 unspecified atom stereocenters. The average Bonchev–Trinajstić information content (AvgIpc) is 3.46. The van der Waals surface area contributed by atoms with Gasteiger partial charge in [0.25, 0.3) is 0 Å². The lowest BCUT2D eigenvalue weighted by Gasteiger charge is -2.15. The maximum absolute atomic E-state index is 2.44. The lowest BCUT2D eigenvalue weighted by molar-refractivity contribution is 1.26. The monoisotopic (exact) mass is 566 g/mol. The highest BCUT2D eigenvalue weighted by Crippen LogP contribution is 2.45. The van der Waals surface area contributed by atoms with E-state index in [1.807, 2.05) is 0 Å². The lowest BCUT2D eigenvalue weighted by Crippen LogP contribution is -1.89. The second-order valence-corrected chi connectivity index (χ2v) is 12.9. The molecule has 0 atom stereocenters. The van der Waals surface area contributed by atoms with Crippen LogP contribution in [0.1, 0.15) is 11.1 Å². The second kappa shape index (κ2) is 8.46. The van der Waals surface area contributed by atoms with Crippen molar-refractivity contribution in [1.82, 2.24) is 0 Å². The predicted molar refractivity (Wildman–Crippen MR) is 193 cm³/mol. The van der Waals surface area contributed by atoms with Gasteiger partial charge in [0.15, 0.2) is 0 Å². The Labute approximate surface area is 260 Å². The van der Waals surface area contributed by atoms with Crippen molar-refractivity contribution in [1.29, 1.82) is 0 Å². The minimum absolute atomic E-state index is 0.962. The summed E-state index contributed by atoms with van der Waals surface area (Å²) in [5, 5.41) is 16.1. The van der Waals surface area contributed by atoms with Crippen LogP contribution in [0.3, 0.4) is 0 Å². The molecule has 45 heavy (non-hydrogen) atoms. The number of hydrogen-bond acceptors (Lipinski definition) is 0. The maximum Gasteiger partial charge on any atom is -0.00130 e. The molecule has 0 amide bonds. The summed E-state index contributed by atoms with van der Waals surface area (Å²) in [5.74, 6) is 0. The molecule has 0 heteroatoms. The fourth-order valence-corrected chi connectivity index (χ4v) is 8.52. The van der Waals surface area contributed by atoms with Gasteiger partial charge in [-0.05, 0) is 116 Å². The van der Waals surface area contributed by atoms with Crippen molar-refractivity contribution in [2.45, 2.75) is 6.42 Å². The van der Waals surface area contributed by atoms with E-state index < -0.39 is 0 Å². The van der Waals surface area contributed by atoms with Crippen LogP contribution < -0.4 is 0 Å². The van der Waals surface area contributed by atoms with Gasteiger partial charge in [0.2, 0.25) is 0 Å². The van der Waals surface area contributed by atoms with Crippen molar-refractivity contribution in [2.24, 2.45) is 0 Å². The van der Waals surface area contributed by atoms with Crippen LogP contribution in [0.15, 0.2) is 146 Å². The van der Waals surface area contributed by atoms with Crippen molar-refractivity contribution in [2.75, 3.05) is 0 Å². The van der Waals surface area contributed by atoms with Gasteiger partial charge in [0.1, 0.15) is 0 Å². The Morgan fingerprint density at radius 2 is 0.644 bits per heavy atom. The molecule has 0 aromatic heterocycles.